The zero-order valence-corrected chi connectivity index (χ0v) is 12.5. The molecular weight excluding hydrogens is 252 g/mol. The molecule has 1 unspecified atom stereocenters. The maximum absolute atomic E-state index is 9.25. The van der Waals surface area contributed by atoms with Gasteiger partial charge in [0.15, 0.2) is 0 Å². The highest BCUT2D eigenvalue weighted by Crippen LogP contribution is 2.19. The van der Waals surface area contributed by atoms with Gasteiger partial charge in [-0.25, -0.2) is 0 Å². The van der Waals surface area contributed by atoms with Crippen LogP contribution in [0.25, 0.3) is 0 Å². The Bertz CT molecular complexity index is 454. The molecule has 1 aromatic rings. The number of aliphatic hydroxyl groups excluding tert-OH is 1. The predicted molar refractivity (Wildman–Crippen MR) is 79.4 cm³/mol. The van der Waals surface area contributed by atoms with Crippen molar-refractivity contribution >= 4 is 0 Å². The molecule has 0 saturated carbocycles. The number of para-hydroxylation sites is 1. The Labute approximate surface area is 121 Å². The van der Waals surface area contributed by atoms with Gasteiger partial charge < -0.3 is 9.84 Å². The Hall–Kier alpha value is -1.57. The summed E-state index contributed by atoms with van der Waals surface area (Å²) in [6.07, 6.45) is 1.51. The number of aliphatic hydroxyl groups is 1. The van der Waals surface area contributed by atoms with Crippen LogP contribution in [0, 0.1) is 11.3 Å². The molecule has 0 aliphatic carbocycles. The lowest BCUT2D eigenvalue weighted by Gasteiger charge is -2.25. The smallest absolute Gasteiger partial charge is 0.124 e. The molecular formula is C16H24N2O2. The molecule has 1 atom stereocenters. The van der Waals surface area contributed by atoms with E-state index in [1.54, 1.807) is 0 Å². The molecule has 2 N–H and O–H groups in total. The lowest BCUT2D eigenvalue weighted by molar-refractivity contribution is 0.253. The van der Waals surface area contributed by atoms with Gasteiger partial charge in [-0.3, -0.25) is 5.32 Å². The number of nitriles is 1. The first kappa shape index (κ1) is 16.5. The first-order chi connectivity index (χ1) is 9.50. The van der Waals surface area contributed by atoms with E-state index in [1.807, 2.05) is 45.0 Å². The molecule has 0 bridgehead atoms. The summed E-state index contributed by atoms with van der Waals surface area (Å²) in [5.41, 5.74) is 0.268. The third-order valence-electron chi connectivity index (χ3n) is 3.08. The van der Waals surface area contributed by atoms with Crippen LogP contribution in [0.2, 0.25) is 0 Å². The van der Waals surface area contributed by atoms with Crippen LogP contribution in [0.15, 0.2) is 24.3 Å². The number of hydrogen-bond donors (Lipinski definition) is 2. The Kier molecular flexibility index (Phi) is 6.50. The summed E-state index contributed by atoms with van der Waals surface area (Å²) in [5, 5.41) is 21.7. The second-order valence-corrected chi connectivity index (χ2v) is 5.46. The van der Waals surface area contributed by atoms with Gasteiger partial charge in [0.2, 0.25) is 0 Å². The molecule has 4 nitrogen and oxygen atoms in total. The maximum Gasteiger partial charge on any atom is 0.124 e. The van der Waals surface area contributed by atoms with Gasteiger partial charge in [0.25, 0.3) is 0 Å². The molecule has 0 fully saturated rings. The molecule has 0 aliphatic heterocycles. The van der Waals surface area contributed by atoms with E-state index in [-0.39, 0.29) is 12.6 Å². The van der Waals surface area contributed by atoms with Crippen molar-refractivity contribution in [3.63, 3.8) is 0 Å². The maximum atomic E-state index is 9.25. The minimum atomic E-state index is -0.520. The number of benzene rings is 1. The van der Waals surface area contributed by atoms with Crippen LogP contribution >= 0.6 is 0 Å². The third kappa shape index (κ3) is 5.20. The third-order valence-corrected chi connectivity index (χ3v) is 3.08. The fourth-order valence-electron chi connectivity index (χ4n) is 2.18. The number of nitrogens with zero attached hydrogens (tertiary/aromatic N) is 1. The molecule has 0 amide bonds. The monoisotopic (exact) mass is 276 g/mol. The highest BCUT2D eigenvalue weighted by molar-refractivity contribution is 5.32. The van der Waals surface area contributed by atoms with Crippen LogP contribution in [-0.4, -0.2) is 23.3 Å². The molecule has 0 spiro atoms. The number of hydrogen-bond acceptors (Lipinski definition) is 4. The molecule has 110 valence electrons. The van der Waals surface area contributed by atoms with Crippen molar-refractivity contribution < 1.29 is 9.84 Å². The molecule has 0 saturated heterocycles. The van der Waals surface area contributed by atoms with Gasteiger partial charge in [-0.15, -0.1) is 0 Å². The van der Waals surface area contributed by atoms with Crippen LogP contribution in [0.4, 0.5) is 0 Å². The zero-order valence-electron chi connectivity index (χ0n) is 12.5. The minimum Gasteiger partial charge on any atom is -0.493 e. The van der Waals surface area contributed by atoms with Crippen molar-refractivity contribution in [2.24, 2.45) is 0 Å². The van der Waals surface area contributed by atoms with Gasteiger partial charge in [-0.05, 0) is 39.7 Å². The summed E-state index contributed by atoms with van der Waals surface area (Å²) in [5.74, 6) is 0.713. The van der Waals surface area contributed by atoms with Crippen molar-refractivity contribution in [1.29, 1.82) is 5.26 Å². The zero-order chi connectivity index (χ0) is 15.0. The second-order valence-electron chi connectivity index (χ2n) is 5.46. The van der Waals surface area contributed by atoms with Crippen LogP contribution < -0.4 is 10.1 Å². The van der Waals surface area contributed by atoms with E-state index in [1.165, 1.54) is 0 Å². The summed E-state index contributed by atoms with van der Waals surface area (Å²) in [6.45, 7) is 6.48. The van der Waals surface area contributed by atoms with Gasteiger partial charge in [0.1, 0.15) is 11.3 Å². The number of nitrogens with one attached hydrogen (secondary N) is 1. The van der Waals surface area contributed by atoms with E-state index < -0.39 is 5.54 Å². The van der Waals surface area contributed by atoms with Crippen LogP contribution in [-0.2, 0) is 6.61 Å². The molecule has 0 aromatic heterocycles. The summed E-state index contributed by atoms with van der Waals surface area (Å²) >= 11 is 0. The van der Waals surface area contributed by atoms with Crippen molar-refractivity contribution in [3.8, 4) is 11.8 Å². The predicted octanol–water partition coefficient (Wildman–Crippen LogP) is 2.62. The Morgan fingerprint density at radius 2 is 2.10 bits per heavy atom. The van der Waals surface area contributed by atoms with Gasteiger partial charge >= 0.3 is 0 Å². The summed E-state index contributed by atoms with van der Waals surface area (Å²) in [4.78, 5) is 0. The fourth-order valence-corrected chi connectivity index (χ4v) is 2.18. The summed E-state index contributed by atoms with van der Waals surface area (Å²) in [6, 6.07) is 10.0. The van der Waals surface area contributed by atoms with E-state index in [0.29, 0.717) is 12.4 Å². The Morgan fingerprint density at radius 1 is 1.40 bits per heavy atom. The van der Waals surface area contributed by atoms with E-state index >= 15 is 0 Å². The SMILES string of the molecule is CC(C)NC(C)(C#N)CCCOc1ccccc1CO. The summed E-state index contributed by atoms with van der Waals surface area (Å²) in [7, 11) is 0. The molecule has 0 radical (unpaired) electrons. The highest BCUT2D eigenvalue weighted by atomic mass is 16.5. The van der Waals surface area contributed by atoms with Crippen molar-refractivity contribution in [3.05, 3.63) is 29.8 Å². The average Bonchev–Trinajstić information content (AvgIpc) is 2.43. The van der Waals surface area contributed by atoms with Crippen molar-refractivity contribution in [2.75, 3.05) is 6.61 Å². The van der Waals surface area contributed by atoms with Gasteiger partial charge in [0, 0.05) is 11.6 Å². The topological polar surface area (TPSA) is 65.3 Å². The Balaban J connectivity index is 2.43. The lowest BCUT2D eigenvalue weighted by Crippen LogP contribution is -2.45. The molecule has 4 heteroatoms. The molecule has 1 aromatic carbocycles. The first-order valence-electron chi connectivity index (χ1n) is 7.01. The fraction of sp³-hybridized carbons (Fsp3) is 0.562. The van der Waals surface area contributed by atoms with E-state index in [9.17, 15) is 10.4 Å². The van der Waals surface area contributed by atoms with Gasteiger partial charge in [-0.1, -0.05) is 18.2 Å². The van der Waals surface area contributed by atoms with Crippen LogP contribution in [0.5, 0.6) is 5.75 Å². The number of ether oxygens (including phenoxy) is 1. The summed E-state index contributed by atoms with van der Waals surface area (Å²) < 4.78 is 5.68. The van der Waals surface area contributed by atoms with Crippen LogP contribution in [0.3, 0.4) is 0 Å². The minimum absolute atomic E-state index is 0.0268. The molecule has 1 rings (SSSR count). The van der Waals surface area contributed by atoms with Gasteiger partial charge in [-0.2, -0.15) is 5.26 Å². The molecule has 0 aliphatic rings. The quantitative estimate of drug-likeness (QED) is 0.716. The second kappa shape index (κ2) is 7.88. The van der Waals surface area contributed by atoms with E-state index in [4.69, 9.17) is 4.74 Å². The first-order valence-corrected chi connectivity index (χ1v) is 7.01. The standard InChI is InChI=1S/C16H24N2O2/c1-13(2)18-16(3,12-17)9-6-10-20-15-8-5-4-7-14(15)11-19/h4-5,7-8,13,18-19H,6,9-11H2,1-3H3. The average molecular weight is 276 g/mol. The lowest BCUT2D eigenvalue weighted by atomic mass is 9.97. The highest BCUT2D eigenvalue weighted by Gasteiger charge is 2.23. The van der Waals surface area contributed by atoms with Gasteiger partial charge in [0.05, 0.1) is 19.3 Å². The normalized spacial score (nSPS) is 13.8. The van der Waals surface area contributed by atoms with Crippen molar-refractivity contribution in [1.82, 2.24) is 5.32 Å². The van der Waals surface area contributed by atoms with Crippen molar-refractivity contribution in [2.45, 2.75) is 51.8 Å². The molecule has 20 heavy (non-hydrogen) atoms. The van der Waals surface area contributed by atoms with E-state index in [0.717, 1.165) is 18.4 Å². The Morgan fingerprint density at radius 3 is 2.70 bits per heavy atom. The molecule has 0 heterocycles. The van der Waals surface area contributed by atoms with E-state index in [2.05, 4.69) is 11.4 Å². The number of rotatable bonds is 8. The van der Waals surface area contributed by atoms with Crippen LogP contribution in [0.1, 0.15) is 39.2 Å². The largest absolute Gasteiger partial charge is 0.493 e.